The number of nitrogen functional groups attached to an aromatic ring is 1. The Hall–Kier alpha value is -1.55. The fourth-order valence-corrected chi connectivity index (χ4v) is 2.22. The van der Waals surface area contributed by atoms with Crippen molar-refractivity contribution in [3.8, 4) is 0 Å². The maximum atomic E-state index is 7.76. The SMILES string of the molecule is CCC(C)N(CCOC)c1c(C)cccc1C(=N)N. The number of hydrogen-bond acceptors (Lipinski definition) is 3. The summed E-state index contributed by atoms with van der Waals surface area (Å²) in [4.78, 5) is 2.29. The minimum absolute atomic E-state index is 0.115. The molecule has 4 nitrogen and oxygen atoms in total. The maximum Gasteiger partial charge on any atom is 0.124 e. The van der Waals surface area contributed by atoms with Gasteiger partial charge in [-0.2, -0.15) is 0 Å². The molecule has 0 heterocycles. The van der Waals surface area contributed by atoms with Gasteiger partial charge >= 0.3 is 0 Å². The van der Waals surface area contributed by atoms with Crippen LogP contribution in [0.3, 0.4) is 0 Å². The van der Waals surface area contributed by atoms with Crippen LogP contribution >= 0.6 is 0 Å². The highest BCUT2D eigenvalue weighted by Gasteiger charge is 2.19. The number of nitrogens with zero attached hydrogens (tertiary/aromatic N) is 1. The van der Waals surface area contributed by atoms with Gasteiger partial charge in [-0.1, -0.05) is 19.1 Å². The second-order valence-electron chi connectivity index (χ2n) is 4.83. The molecule has 1 aromatic carbocycles. The molecule has 0 aliphatic rings. The second kappa shape index (κ2) is 7.14. The summed E-state index contributed by atoms with van der Waals surface area (Å²) in [5, 5.41) is 7.76. The summed E-state index contributed by atoms with van der Waals surface area (Å²) in [5.74, 6) is 0.115. The summed E-state index contributed by atoms with van der Waals surface area (Å²) in [6.07, 6.45) is 1.04. The standard InChI is InChI=1S/C15H25N3O/c1-5-12(3)18(9-10-19-4)14-11(2)7-6-8-13(14)15(16)17/h6-8,12H,5,9-10H2,1-4H3,(H3,16,17). The quantitative estimate of drug-likeness (QED) is 0.587. The summed E-state index contributed by atoms with van der Waals surface area (Å²) in [6.45, 7) is 7.87. The van der Waals surface area contributed by atoms with Gasteiger partial charge in [-0.3, -0.25) is 5.41 Å². The molecule has 0 radical (unpaired) electrons. The second-order valence-corrected chi connectivity index (χ2v) is 4.83. The molecule has 1 unspecified atom stereocenters. The van der Waals surface area contributed by atoms with Crippen molar-refractivity contribution in [3.05, 3.63) is 29.3 Å². The lowest BCUT2D eigenvalue weighted by Gasteiger charge is -2.33. The van der Waals surface area contributed by atoms with Gasteiger partial charge in [-0.05, 0) is 31.9 Å². The Morgan fingerprint density at radius 2 is 2.16 bits per heavy atom. The molecule has 0 spiro atoms. The summed E-state index contributed by atoms with van der Waals surface area (Å²) < 4.78 is 5.20. The molecule has 0 aliphatic heterocycles. The molecule has 106 valence electrons. The van der Waals surface area contributed by atoms with E-state index in [1.165, 1.54) is 0 Å². The molecule has 0 amide bonds. The van der Waals surface area contributed by atoms with Crippen molar-refractivity contribution < 1.29 is 4.74 Å². The number of anilines is 1. The van der Waals surface area contributed by atoms with Crippen molar-refractivity contribution >= 4 is 11.5 Å². The predicted octanol–water partition coefficient (Wildman–Crippen LogP) is 2.53. The average molecular weight is 263 g/mol. The van der Waals surface area contributed by atoms with Crippen LogP contribution in [0.25, 0.3) is 0 Å². The lowest BCUT2D eigenvalue weighted by molar-refractivity contribution is 0.203. The van der Waals surface area contributed by atoms with Crippen LogP contribution in [-0.2, 0) is 4.74 Å². The van der Waals surface area contributed by atoms with Crippen molar-refractivity contribution in [1.82, 2.24) is 0 Å². The van der Waals surface area contributed by atoms with E-state index in [-0.39, 0.29) is 5.84 Å². The first-order valence-electron chi connectivity index (χ1n) is 6.72. The van der Waals surface area contributed by atoms with Gasteiger partial charge in [0.15, 0.2) is 0 Å². The first-order chi connectivity index (χ1) is 9.02. The summed E-state index contributed by atoms with van der Waals surface area (Å²) in [6, 6.07) is 6.30. The van der Waals surface area contributed by atoms with Crippen LogP contribution < -0.4 is 10.6 Å². The molecular weight excluding hydrogens is 238 g/mol. The van der Waals surface area contributed by atoms with Crippen molar-refractivity contribution in [2.45, 2.75) is 33.2 Å². The highest BCUT2D eigenvalue weighted by Crippen LogP contribution is 2.27. The number of methoxy groups -OCH3 is 1. The van der Waals surface area contributed by atoms with Gasteiger partial charge in [-0.25, -0.2) is 0 Å². The average Bonchev–Trinajstić information content (AvgIpc) is 2.39. The van der Waals surface area contributed by atoms with Gasteiger partial charge in [-0.15, -0.1) is 0 Å². The van der Waals surface area contributed by atoms with E-state index in [0.29, 0.717) is 12.6 Å². The fraction of sp³-hybridized carbons (Fsp3) is 0.533. The summed E-state index contributed by atoms with van der Waals surface area (Å²) in [7, 11) is 1.71. The molecule has 0 aromatic heterocycles. The maximum absolute atomic E-state index is 7.76. The van der Waals surface area contributed by atoms with Crippen molar-refractivity contribution in [2.24, 2.45) is 5.73 Å². The number of rotatable bonds is 7. The number of hydrogen-bond donors (Lipinski definition) is 2. The van der Waals surface area contributed by atoms with E-state index >= 15 is 0 Å². The predicted molar refractivity (Wildman–Crippen MR) is 81.2 cm³/mol. The van der Waals surface area contributed by atoms with Crippen molar-refractivity contribution in [2.75, 3.05) is 25.2 Å². The Morgan fingerprint density at radius 1 is 1.47 bits per heavy atom. The third-order valence-electron chi connectivity index (χ3n) is 3.47. The highest BCUT2D eigenvalue weighted by atomic mass is 16.5. The van der Waals surface area contributed by atoms with Crippen LogP contribution in [0, 0.1) is 12.3 Å². The van der Waals surface area contributed by atoms with Crippen molar-refractivity contribution in [3.63, 3.8) is 0 Å². The van der Waals surface area contributed by atoms with Crippen LogP contribution in [0.5, 0.6) is 0 Å². The van der Waals surface area contributed by atoms with Gasteiger partial charge in [0.1, 0.15) is 5.84 Å². The van der Waals surface area contributed by atoms with Crippen LogP contribution in [0.4, 0.5) is 5.69 Å². The van der Waals surface area contributed by atoms with Crippen LogP contribution in [-0.4, -0.2) is 32.1 Å². The largest absolute Gasteiger partial charge is 0.384 e. The molecule has 19 heavy (non-hydrogen) atoms. The van der Waals surface area contributed by atoms with E-state index in [2.05, 4.69) is 31.7 Å². The third kappa shape index (κ3) is 3.70. The zero-order chi connectivity index (χ0) is 14.4. The number of benzene rings is 1. The first kappa shape index (κ1) is 15.5. The fourth-order valence-electron chi connectivity index (χ4n) is 2.22. The van der Waals surface area contributed by atoms with E-state index < -0.39 is 0 Å². The summed E-state index contributed by atoms with van der Waals surface area (Å²) in [5.41, 5.74) is 8.72. The molecule has 1 aromatic rings. The van der Waals surface area contributed by atoms with E-state index in [4.69, 9.17) is 15.9 Å². The molecule has 0 saturated carbocycles. The normalized spacial score (nSPS) is 12.2. The topological polar surface area (TPSA) is 62.3 Å². The number of nitrogens with one attached hydrogen (secondary N) is 1. The Bertz CT molecular complexity index is 431. The van der Waals surface area contributed by atoms with Crippen LogP contribution in [0.15, 0.2) is 18.2 Å². The number of para-hydroxylation sites is 1. The van der Waals surface area contributed by atoms with Gasteiger partial charge in [0.25, 0.3) is 0 Å². The Balaban J connectivity index is 3.23. The van der Waals surface area contributed by atoms with E-state index in [1.807, 2.05) is 12.1 Å². The van der Waals surface area contributed by atoms with Gasteiger partial charge in [0.05, 0.1) is 12.3 Å². The number of aryl methyl sites for hydroxylation is 1. The Morgan fingerprint density at radius 3 is 2.68 bits per heavy atom. The number of amidine groups is 1. The molecular formula is C15H25N3O. The third-order valence-corrected chi connectivity index (χ3v) is 3.47. The molecule has 0 saturated heterocycles. The molecule has 1 atom stereocenters. The first-order valence-corrected chi connectivity index (χ1v) is 6.72. The Kier molecular flexibility index (Phi) is 5.83. The van der Waals surface area contributed by atoms with E-state index in [9.17, 15) is 0 Å². The van der Waals surface area contributed by atoms with Gasteiger partial charge < -0.3 is 15.4 Å². The van der Waals surface area contributed by atoms with E-state index in [0.717, 1.165) is 29.8 Å². The molecule has 3 N–H and O–H groups in total. The Labute approximate surface area is 116 Å². The monoisotopic (exact) mass is 263 g/mol. The van der Waals surface area contributed by atoms with Crippen LogP contribution in [0.1, 0.15) is 31.4 Å². The number of ether oxygens (including phenoxy) is 1. The lowest BCUT2D eigenvalue weighted by atomic mass is 10.0. The molecule has 0 bridgehead atoms. The molecule has 0 aliphatic carbocycles. The molecule has 4 heteroatoms. The minimum atomic E-state index is 0.115. The van der Waals surface area contributed by atoms with Crippen molar-refractivity contribution in [1.29, 1.82) is 5.41 Å². The summed E-state index contributed by atoms with van der Waals surface area (Å²) >= 11 is 0. The molecule has 0 fully saturated rings. The lowest BCUT2D eigenvalue weighted by Crippen LogP contribution is -2.37. The van der Waals surface area contributed by atoms with E-state index in [1.54, 1.807) is 7.11 Å². The zero-order valence-corrected chi connectivity index (χ0v) is 12.4. The van der Waals surface area contributed by atoms with Crippen LogP contribution in [0.2, 0.25) is 0 Å². The zero-order valence-electron chi connectivity index (χ0n) is 12.4. The number of nitrogens with two attached hydrogens (primary N) is 1. The van der Waals surface area contributed by atoms with Gasteiger partial charge in [0, 0.05) is 25.3 Å². The smallest absolute Gasteiger partial charge is 0.124 e. The minimum Gasteiger partial charge on any atom is -0.384 e. The molecule has 1 rings (SSSR count). The highest BCUT2D eigenvalue weighted by molar-refractivity contribution is 6.01. The van der Waals surface area contributed by atoms with Gasteiger partial charge in [0.2, 0.25) is 0 Å².